The van der Waals surface area contributed by atoms with Crippen LogP contribution >= 0.6 is 0 Å². The van der Waals surface area contributed by atoms with Crippen LogP contribution in [-0.2, 0) is 0 Å². The van der Waals surface area contributed by atoms with Crippen LogP contribution in [0.2, 0.25) is 0 Å². The third-order valence-corrected chi connectivity index (χ3v) is 2.82. The quantitative estimate of drug-likeness (QED) is 0.814. The standard InChI is InChI=1S/C15H21F2NO3/c1-10(2)8-15(3,20)9-18-13(19)11-4-6-12(7-5-11)21-14(16)17/h4-7,10,14,20H,8-9H2,1-3H3,(H,18,19). The Bertz CT molecular complexity index is 458. The van der Waals surface area contributed by atoms with Crippen molar-refractivity contribution in [2.75, 3.05) is 6.54 Å². The van der Waals surface area contributed by atoms with Gasteiger partial charge in [0.05, 0.1) is 5.60 Å². The Morgan fingerprint density at radius 2 is 1.90 bits per heavy atom. The topological polar surface area (TPSA) is 58.6 Å². The molecule has 0 aromatic heterocycles. The van der Waals surface area contributed by atoms with Crippen molar-refractivity contribution in [2.45, 2.75) is 39.4 Å². The molecule has 6 heteroatoms. The van der Waals surface area contributed by atoms with E-state index < -0.39 is 12.2 Å². The number of hydrogen-bond acceptors (Lipinski definition) is 3. The van der Waals surface area contributed by atoms with Gasteiger partial charge in [-0.1, -0.05) is 13.8 Å². The van der Waals surface area contributed by atoms with Crippen LogP contribution in [0.5, 0.6) is 5.75 Å². The highest BCUT2D eigenvalue weighted by Gasteiger charge is 2.22. The molecule has 0 bridgehead atoms. The first-order valence-corrected chi connectivity index (χ1v) is 6.75. The lowest BCUT2D eigenvalue weighted by Crippen LogP contribution is -2.41. The molecule has 0 aliphatic rings. The number of nitrogens with one attached hydrogen (secondary N) is 1. The van der Waals surface area contributed by atoms with E-state index in [1.54, 1.807) is 6.92 Å². The van der Waals surface area contributed by atoms with Gasteiger partial charge < -0.3 is 15.2 Å². The molecule has 0 aliphatic heterocycles. The molecular weight excluding hydrogens is 280 g/mol. The molecule has 0 heterocycles. The van der Waals surface area contributed by atoms with E-state index in [4.69, 9.17) is 0 Å². The highest BCUT2D eigenvalue weighted by Crippen LogP contribution is 2.17. The van der Waals surface area contributed by atoms with Crippen molar-refractivity contribution in [3.63, 3.8) is 0 Å². The first-order valence-electron chi connectivity index (χ1n) is 6.75. The van der Waals surface area contributed by atoms with Crippen LogP contribution in [0.3, 0.4) is 0 Å². The Balaban J connectivity index is 2.56. The summed E-state index contributed by atoms with van der Waals surface area (Å²) in [5, 5.41) is 12.7. The summed E-state index contributed by atoms with van der Waals surface area (Å²) in [6, 6.07) is 5.38. The predicted octanol–water partition coefficient (Wildman–Crippen LogP) is 2.81. The Morgan fingerprint density at radius 3 is 2.38 bits per heavy atom. The molecule has 0 spiro atoms. The number of amides is 1. The van der Waals surface area contributed by atoms with E-state index in [2.05, 4.69) is 10.1 Å². The third-order valence-electron chi connectivity index (χ3n) is 2.82. The van der Waals surface area contributed by atoms with E-state index >= 15 is 0 Å². The van der Waals surface area contributed by atoms with Crippen LogP contribution in [0.1, 0.15) is 37.6 Å². The molecule has 118 valence electrons. The van der Waals surface area contributed by atoms with E-state index in [-0.39, 0.29) is 18.2 Å². The number of ether oxygens (including phenoxy) is 1. The largest absolute Gasteiger partial charge is 0.435 e. The highest BCUT2D eigenvalue weighted by atomic mass is 19.3. The van der Waals surface area contributed by atoms with Gasteiger partial charge >= 0.3 is 6.61 Å². The molecule has 0 radical (unpaired) electrons. The Morgan fingerprint density at radius 1 is 1.33 bits per heavy atom. The van der Waals surface area contributed by atoms with Gasteiger partial charge in [0.1, 0.15) is 5.75 Å². The van der Waals surface area contributed by atoms with Crippen molar-refractivity contribution in [1.29, 1.82) is 0 Å². The van der Waals surface area contributed by atoms with Crippen molar-refractivity contribution in [1.82, 2.24) is 5.32 Å². The summed E-state index contributed by atoms with van der Waals surface area (Å²) in [5.74, 6) is -0.0707. The average molecular weight is 301 g/mol. The molecule has 0 saturated carbocycles. The second-order valence-corrected chi connectivity index (χ2v) is 5.68. The second-order valence-electron chi connectivity index (χ2n) is 5.68. The van der Waals surface area contributed by atoms with E-state index in [1.165, 1.54) is 24.3 Å². The molecule has 1 rings (SSSR count). The fourth-order valence-corrected chi connectivity index (χ4v) is 2.11. The normalized spacial score (nSPS) is 14.1. The van der Waals surface area contributed by atoms with Crippen LogP contribution in [0.15, 0.2) is 24.3 Å². The summed E-state index contributed by atoms with van der Waals surface area (Å²) in [4.78, 5) is 11.9. The minimum atomic E-state index is -2.89. The monoisotopic (exact) mass is 301 g/mol. The van der Waals surface area contributed by atoms with Crippen molar-refractivity contribution in [3.05, 3.63) is 29.8 Å². The van der Waals surface area contributed by atoms with Crippen molar-refractivity contribution in [3.8, 4) is 5.75 Å². The Labute approximate surface area is 123 Å². The van der Waals surface area contributed by atoms with Gasteiger partial charge in [0.15, 0.2) is 0 Å². The summed E-state index contributed by atoms with van der Waals surface area (Å²) >= 11 is 0. The predicted molar refractivity (Wildman–Crippen MR) is 75.5 cm³/mol. The highest BCUT2D eigenvalue weighted by molar-refractivity contribution is 5.94. The Hall–Kier alpha value is -1.69. The minimum absolute atomic E-state index is 0.00615. The van der Waals surface area contributed by atoms with Gasteiger partial charge in [-0.3, -0.25) is 4.79 Å². The summed E-state index contributed by atoms with van der Waals surface area (Å²) in [5.41, 5.74) is -0.667. The lowest BCUT2D eigenvalue weighted by atomic mass is 9.94. The molecule has 4 nitrogen and oxygen atoms in total. The SMILES string of the molecule is CC(C)CC(C)(O)CNC(=O)c1ccc(OC(F)F)cc1. The molecule has 1 amide bonds. The number of hydrogen-bond donors (Lipinski definition) is 2. The Kier molecular flexibility index (Phi) is 6.08. The van der Waals surface area contributed by atoms with Crippen LogP contribution < -0.4 is 10.1 Å². The number of benzene rings is 1. The van der Waals surface area contributed by atoms with Crippen molar-refractivity contribution < 1.29 is 23.4 Å². The number of aliphatic hydroxyl groups is 1. The number of carbonyl (C=O) groups excluding carboxylic acids is 1. The van der Waals surface area contributed by atoms with Gasteiger partial charge in [-0.05, 0) is 43.5 Å². The molecule has 1 aromatic carbocycles. The van der Waals surface area contributed by atoms with Crippen LogP contribution in [0, 0.1) is 5.92 Å². The molecule has 0 fully saturated rings. The number of alkyl halides is 2. The molecule has 1 atom stereocenters. The van der Waals surface area contributed by atoms with Gasteiger partial charge in [0, 0.05) is 12.1 Å². The molecule has 1 aromatic rings. The van der Waals surface area contributed by atoms with Gasteiger partial charge in [-0.2, -0.15) is 8.78 Å². The van der Waals surface area contributed by atoms with Gasteiger partial charge in [0.2, 0.25) is 0 Å². The fourth-order valence-electron chi connectivity index (χ4n) is 2.11. The third kappa shape index (κ3) is 6.53. The lowest BCUT2D eigenvalue weighted by Gasteiger charge is -2.25. The average Bonchev–Trinajstić information content (AvgIpc) is 2.34. The van der Waals surface area contributed by atoms with E-state index in [9.17, 15) is 18.7 Å². The zero-order valence-electron chi connectivity index (χ0n) is 12.4. The van der Waals surface area contributed by atoms with E-state index in [1.807, 2.05) is 13.8 Å². The maximum atomic E-state index is 12.0. The molecule has 21 heavy (non-hydrogen) atoms. The molecule has 1 unspecified atom stereocenters. The van der Waals surface area contributed by atoms with Crippen LogP contribution in [-0.4, -0.2) is 29.8 Å². The van der Waals surface area contributed by atoms with Crippen molar-refractivity contribution >= 4 is 5.91 Å². The number of carbonyl (C=O) groups is 1. The maximum Gasteiger partial charge on any atom is 0.387 e. The second kappa shape index (κ2) is 7.36. The minimum Gasteiger partial charge on any atom is -0.435 e. The molecule has 0 saturated heterocycles. The first kappa shape index (κ1) is 17.4. The van der Waals surface area contributed by atoms with Crippen molar-refractivity contribution in [2.24, 2.45) is 5.92 Å². The van der Waals surface area contributed by atoms with Crippen LogP contribution in [0.25, 0.3) is 0 Å². The zero-order chi connectivity index (χ0) is 16.0. The number of rotatable bonds is 7. The van der Waals surface area contributed by atoms with E-state index in [0.29, 0.717) is 17.9 Å². The van der Waals surface area contributed by atoms with Gasteiger partial charge in [-0.25, -0.2) is 0 Å². The van der Waals surface area contributed by atoms with E-state index in [0.717, 1.165) is 0 Å². The zero-order valence-corrected chi connectivity index (χ0v) is 12.4. The maximum absolute atomic E-state index is 12.0. The number of halogens is 2. The van der Waals surface area contributed by atoms with Gasteiger partial charge in [-0.15, -0.1) is 0 Å². The molecule has 0 aliphatic carbocycles. The summed E-state index contributed by atoms with van der Waals surface area (Å²) < 4.78 is 28.2. The smallest absolute Gasteiger partial charge is 0.387 e. The van der Waals surface area contributed by atoms with Crippen LogP contribution in [0.4, 0.5) is 8.78 Å². The molecular formula is C15H21F2NO3. The first-order chi connectivity index (χ1) is 9.69. The summed E-state index contributed by atoms with van der Waals surface area (Å²) in [6.07, 6.45) is 0.564. The summed E-state index contributed by atoms with van der Waals surface area (Å²) in [7, 11) is 0. The lowest BCUT2D eigenvalue weighted by molar-refractivity contribution is -0.0498. The molecule has 2 N–H and O–H groups in total. The van der Waals surface area contributed by atoms with Gasteiger partial charge in [0.25, 0.3) is 5.91 Å². The fraction of sp³-hybridized carbons (Fsp3) is 0.533. The summed E-state index contributed by atoms with van der Waals surface area (Å²) in [6.45, 7) is 2.86.